The number of benzene rings is 1. The smallest absolute Gasteiger partial charge is 0.242 e. The molecule has 1 rings (SSSR count). The molecule has 0 unspecified atom stereocenters. The zero-order valence-corrected chi connectivity index (χ0v) is 11.6. The van der Waals surface area contributed by atoms with Crippen LogP contribution in [0.4, 0.5) is 0 Å². The van der Waals surface area contributed by atoms with Crippen molar-refractivity contribution >= 4 is 21.6 Å². The Morgan fingerprint density at radius 1 is 1.41 bits per heavy atom. The molecule has 0 aromatic heterocycles. The molecule has 17 heavy (non-hydrogen) atoms. The van der Waals surface area contributed by atoms with E-state index in [1.54, 1.807) is 12.1 Å². The zero-order chi connectivity index (χ0) is 13.3. The van der Waals surface area contributed by atoms with Gasteiger partial charge in [0.15, 0.2) is 0 Å². The molecule has 1 aromatic carbocycles. The summed E-state index contributed by atoms with van der Waals surface area (Å²) in [7, 11) is -3.68. The van der Waals surface area contributed by atoms with Crippen LogP contribution in [0.5, 0.6) is 0 Å². The normalized spacial score (nSPS) is 12.8. The molecule has 6 heteroatoms. The van der Waals surface area contributed by atoms with Gasteiger partial charge in [0.05, 0.1) is 10.6 Å². The van der Waals surface area contributed by atoms with Crippen LogP contribution in [0.1, 0.15) is 19.4 Å². The molecule has 0 saturated carbocycles. The van der Waals surface area contributed by atoms with Crippen LogP contribution in [0.25, 0.3) is 0 Å². The first-order chi connectivity index (χ1) is 7.62. The Morgan fingerprint density at radius 2 is 2.00 bits per heavy atom. The fraction of sp³-hybridized carbons (Fsp3) is 0.455. The molecule has 1 aromatic rings. The van der Waals surface area contributed by atoms with Gasteiger partial charge >= 0.3 is 0 Å². The summed E-state index contributed by atoms with van der Waals surface area (Å²) in [6.07, 6.45) is 0. The molecule has 0 amide bonds. The van der Waals surface area contributed by atoms with E-state index < -0.39 is 15.6 Å². The second-order valence-corrected chi connectivity index (χ2v) is 6.71. The number of hydrogen-bond acceptors (Lipinski definition) is 3. The van der Waals surface area contributed by atoms with E-state index in [0.29, 0.717) is 0 Å². The monoisotopic (exact) mass is 277 g/mol. The van der Waals surface area contributed by atoms with E-state index in [1.165, 1.54) is 19.9 Å². The Hall–Kier alpha value is -0.620. The number of hydrogen-bond donors (Lipinski definition) is 2. The lowest BCUT2D eigenvalue weighted by Gasteiger charge is -2.18. The van der Waals surface area contributed by atoms with Crippen LogP contribution < -0.4 is 4.72 Å². The molecule has 0 aliphatic heterocycles. The maximum absolute atomic E-state index is 11.9. The lowest BCUT2D eigenvalue weighted by Crippen LogP contribution is -2.38. The van der Waals surface area contributed by atoms with Crippen LogP contribution >= 0.6 is 11.6 Å². The maximum atomic E-state index is 11.9. The van der Waals surface area contributed by atoms with Crippen molar-refractivity contribution in [1.29, 1.82) is 0 Å². The van der Waals surface area contributed by atoms with Crippen molar-refractivity contribution in [2.75, 3.05) is 6.54 Å². The quantitative estimate of drug-likeness (QED) is 0.880. The summed E-state index contributed by atoms with van der Waals surface area (Å²) in [5.74, 6) is 0. The van der Waals surface area contributed by atoms with Gasteiger partial charge in [-0.25, -0.2) is 13.1 Å². The van der Waals surface area contributed by atoms with Crippen molar-refractivity contribution in [3.63, 3.8) is 0 Å². The number of sulfonamides is 1. The Morgan fingerprint density at radius 3 is 2.47 bits per heavy atom. The third-order valence-corrected chi connectivity index (χ3v) is 3.96. The summed E-state index contributed by atoms with van der Waals surface area (Å²) in [5, 5.41) is 9.66. The average molecular weight is 278 g/mol. The molecule has 0 heterocycles. The number of halogens is 1. The first kappa shape index (κ1) is 14.4. The van der Waals surface area contributed by atoms with Gasteiger partial charge < -0.3 is 5.11 Å². The Bertz CT molecular complexity index is 506. The van der Waals surface area contributed by atoms with Crippen molar-refractivity contribution < 1.29 is 13.5 Å². The summed E-state index contributed by atoms with van der Waals surface area (Å²) >= 11 is 5.88. The first-order valence-corrected chi connectivity index (χ1v) is 6.96. The SMILES string of the molecule is Cc1ccc(S(=O)(=O)NCC(C)(C)O)c(Cl)c1. The van der Waals surface area contributed by atoms with Gasteiger partial charge in [-0.05, 0) is 38.5 Å². The third kappa shape index (κ3) is 4.27. The number of aliphatic hydroxyl groups is 1. The summed E-state index contributed by atoms with van der Waals surface area (Å²) < 4.78 is 26.1. The van der Waals surface area contributed by atoms with Crippen LogP contribution in [-0.2, 0) is 10.0 Å². The van der Waals surface area contributed by atoms with E-state index in [2.05, 4.69) is 4.72 Å². The fourth-order valence-corrected chi connectivity index (χ4v) is 2.97. The van der Waals surface area contributed by atoms with Gasteiger partial charge in [0.2, 0.25) is 10.0 Å². The number of rotatable bonds is 4. The lowest BCUT2D eigenvalue weighted by atomic mass is 10.1. The van der Waals surface area contributed by atoms with E-state index >= 15 is 0 Å². The Balaban J connectivity index is 2.98. The highest BCUT2D eigenvalue weighted by atomic mass is 35.5. The van der Waals surface area contributed by atoms with Gasteiger partial charge in [0, 0.05) is 6.54 Å². The van der Waals surface area contributed by atoms with Gasteiger partial charge in [-0.3, -0.25) is 0 Å². The molecule has 0 fully saturated rings. The standard InChI is InChI=1S/C11H16ClNO3S/c1-8-4-5-10(9(12)6-8)17(15,16)13-7-11(2,3)14/h4-6,13-14H,7H2,1-3H3. The summed E-state index contributed by atoms with van der Waals surface area (Å²) in [6, 6.07) is 4.70. The van der Waals surface area contributed by atoms with E-state index in [4.69, 9.17) is 11.6 Å². The molecule has 0 aliphatic rings. The topological polar surface area (TPSA) is 66.4 Å². The lowest BCUT2D eigenvalue weighted by molar-refractivity contribution is 0.0857. The van der Waals surface area contributed by atoms with E-state index in [1.807, 2.05) is 6.92 Å². The van der Waals surface area contributed by atoms with Crippen molar-refractivity contribution in [3.05, 3.63) is 28.8 Å². The molecule has 0 aliphatic carbocycles. The second-order valence-electron chi connectivity index (χ2n) is 4.57. The average Bonchev–Trinajstić information content (AvgIpc) is 2.13. The van der Waals surface area contributed by atoms with E-state index in [0.717, 1.165) is 5.56 Å². The largest absolute Gasteiger partial charge is 0.389 e. The third-order valence-electron chi connectivity index (χ3n) is 2.07. The highest BCUT2D eigenvalue weighted by Gasteiger charge is 2.21. The van der Waals surface area contributed by atoms with Crippen LogP contribution in [0, 0.1) is 6.92 Å². The Kier molecular flexibility index (Phi) is 4.19. The van der Waals surface area contributed by atoms with Gasteiger partial charge in [-0.2, -0.15) is 0 Å². The summed E-state index contributed by atoms with van der Waals surface area (Å²) in [6.45, 7) is 4.80. The van der Waals surface area contributed by atoms with Crippen molar-refractivity contribution in [2.24, 2.45) is 0 Å². The predicted molar refractivity (Wildman–Crippen MR) is 67.7 cm³/mol. The maximum Gasteiger partial charge on any atom is 0.242 e. The van der Waals surface area contributed by atoms with Crippen LogP contribution in [0.15, 0.2) is 23.1 Å². The minimum atomic E-state index is -3.68. The Labute approximate surface area is 107 Å². The second kappa shape index (κ2) is 4.94. The fourth-order valence-electron chi connectivity index (χ4n) is 1.17. The molecule has 0 bridgehead atoms. The molecular weight excluding hydrogens is 262 g/mol. The highest BCUT2D eigenvalue weighted by Crippen LogP contribution is 2.22. The summed E-state index contributed by atoms with van der Waals surface area (Å²) in [5.41, 5.74) is -0.221. The number of aryl methyl sites for hydroxylation is 1. The predicted octanol–water partition coefficient (Wildman–Crippen LogP) is 1.70. The molecule has 0 radical (unpaired) electrons. The minimum Gasteiger partial charge on any atom is -0.389 e. The molecule has 0 atom stereocenters. The van der Waals surface area contributed by atoms with Crippen LogP contribution in [-0.4, -0.2) is 25.7 Å². The van der Waals surface area contributed by atoms with Crippen molar-refractivity contribution in [2.45, 2.75) is 31.3 Å². The molecule has 96 valence electrons. The van der Waals surface area contributed by atoms with Gasteiger partial charge in [-0.1, -0.05) is 17.7 Å². The molecule has 0 saturated heterocycles. The van der Waals surface area contributed by atoms with Crippen molar-refractivity contribution in [1.82, 2.24) is 4.72 Å². The number of nitrogens with one attached hydrogen (secondary N) is 1. The van der Waals surface area contributed by atoms with Crippen LogP contribution in [0.2, 0.25) is 5.02 Å². The van der Waals surface area contributed by atoms with E-state index in [-0.39, 0.29) is 16.5 Å². The molecule has 0 spiro atoms. The van der Waals surface area contributed by atoms with Gasteiger partial charge in [0.1, 0.15) is 4.90 Å². The first-order valence-electron chi connectivity index (χ1n) is 5.10. The zero-order valence-electron chi connectivity index (χ0n) is 9.99. The van der Waals surface area contributed by atoms with Gasteiger partial charge in [0.25, 0.3) is 0 Å². The van der Waals surface area contributed by atoms with Crippen LogP contribution in [0.3, 0.4) is 0 Å². The minimum absolute atomic E-state index is 0.0222. The molecule has 4 nitrogen and oxygen atoms in total. The summed E-state index contributed by atoms with van der Waals surface area (Å²) in [4.78, 5) is 0.0222. The van der Waals surface area contributed by atoms with E-state index in [9.17, 15) is 13.5 Å². The molecule has 2 N–H and O–H groups in total. The van der Waals surface area contributed by atoms with Crippen molar-refractivity contribution in [3.8, 4) is 0 Å². The van der Waals surface area contributed by atoms with Gasteiger partial charge in [-0.15, -0.1) is 0 Å². The highest BCUT2D eigenvalue weighted by molar-refractivity contribution is 7.89. The molecular formula is C11H16ClNO3S.